The summed E-state index contributed by atoms with van der Waals surface area (Å²) >= 11 is 0. The summed E-state index contributed by atoms with van der Waals surface area (Å²) in [4.78, 5) is 0. The fourth-order valence-electron chi connectivity index (χ4n) is 5.54. The highest BCUT2D eigenvalue weighted by Gasteiger charge is 2.41. The molecule has 1 N–H and O–H groups in total. The van der Waals surface area contributed by atoms with Crippen LogP contribution in [0.15, 0.2) is 53.1 Å². The highest BCUT2D eigenvalue weighted by Crippen LogP contribution is 2.46. The highest BCUT2D eigenvalue weighted by atomic mass is 16.7. The fourth-order valence-corrected chi connectivity index (χ4v) is 5.54. The van der Waals surface area contributed by atoms with E-state index >= 15 is 0 Å². The van der Waals surface area contributed by atoms with Crippen LogP contribution in [0.4, 0.5) is 0 Å². The lowest BCUT2D eigenvalue weighted by atomic mass is 9.65. The number of ether oxygens (including phenoxy) is 4. The van der Waals surface area contributed by atoms with E-state index in [0.717, 1.165) is 24.8 Å². The van der Waals surface area contributed by atoms with E-state index in [-0.39, 0.29) is 18.1 Å². The van der Waals surface area contributed by atoms with Crippen molar-refractivity contribution in [2.75, 3.05) is 40.3 Å². The molecule has 1 saturated carbocycles. The van der Waals surface area contributed by atoms with Crippen LogP contribution in [-0.2, 0) is 25.6 Å². The maximum absolute atomic E-state index is 11.7. The Hall–Kier alpha value is -1.50. The number of benzene rings is 1. The molecule has 0 unspecified atom stereocenters. The van der Waals surface area contributed by atoms with E-state index in [2.05, 4.69) is 39.0 Å². The summed E-state index contributed by atoms with van der Waals surface area (Å²) in [6.07, 6.45) is 7.22. The third-order valence-electron chi connectivity index (χ3n) is 7.60. The molecule has 5 heteroatoms. The van der Waals surface area contributed by atoms with Gasteiger partial charge in [0, 0.05) is 12.5 Å². The topological polar surface area (TPSA) is 57.2 Å². The summed E-state index contributed by atoms with van der Waals surface area (Å²) < 4.78 is 22.5. The maximum Gasteiger partial charge on any atom is 0.147 e. The summed E-state index contributed by atoms with van der Waals surface area (Å²) in [5, 5.41) is 11.7. The lowest BCUT2D eigenvalue weighted by Gasteiger charge is -2.43. The molecule has 0 aromatic heterocycles. The lowest BCUT2D eigenvalue weighted by Crippen LogP contribution is -2.40. The minimum absolute atomic E-state index is 0.230. The van der Waals surface area contributed by atoms with Gasteiger partial charge in [0.15, 0.2) is 0 Å². The van der Waals surface area contributed by atoms with E-state index in [0.29, 0.717) is 39.0 Å². The van der Waals surface area contributed by atoms with Gasteiger partial charge in [-0.1, -0.05) is 68.7 Å². The number of aliphatic hydroxyl groups is 1. The van der Waals surface area contributed by atoms with Gasteiger partial charge in [-0.2, -0.15) is 0 Å². The Balaban J connectivity index is 1.60. The van der Waals surface area contributed by atoms with Gasteiger partial charge < -0.3 is 24.1 Å². The molecule has 1 aromatic carbocycles. The van der Waals surface area contributed by atoms with Crippen LogP contribution < -0.4 is 0 Å². The Kier molecular flexibility index (Phi) is 10.8. The van der Waals surface area contributed by atoms with Crippen LogP contribution in [0.1, 0.15) is 58.4 Å². The van der Waals surface area contributed by atoms with Crippen LogP contribution in [0.25, 0.3) is 0 Å². The number of aliphatic hydroxyl groups excluding tert-OH is 1. The Labute approximate surface area is 206 Å². The summed E-state index contributed by atoms with van der Waals surface area (Å²) in [6.45, 7) is 9.80. The minimum atomic E-state index is -0.457. The largest absolute Gasteiger partial charge is 0.388 e. The van der Waals surface area contributed by atoms with Crippen molar-refractivity contribution >= 4 is 0 Å². The maximum atomic E-state index is 11.7. The van der Waals surface area contributed by atoms with Gasteiger partial charge in [-0.25, -0.2) is 0 Å². The summed E-state index contributed by atoms with van der Waals surface area (Å²) in [6, 6.07) is 10.3. The third kappa shape index (κ3) is 7.25. The molecule has 0 amide bonds. The summed E-state index contributed by atoms with van der Waals surface area (Å²) in [5.74, 6) is 0.609. The molecule has 1 fully saturated rings. The van der Waals surface area contributed by atoms with E-state index in [1.165, 1.54) is 29.6 Å². The van der Waals surface area contributed by atoms with E-state index < -0.39 is 6.10 Å². The smallest absolute Gasteiger partial charge is 0.147 e. The van der Waals surface area contributed by atoms with Crippen LogP contribution in [0.5, 0.6) is 0 Å². The number of allylic oxidation sites excluding steroid dienone is 2. The molecular formula is C29H44O5. The highest BCUT2D eigenvalue weighted by molar-refractivity contribution is 5.39. The minimum Gasteiger partial charge on any atom is -0.388 e. The molecule has 34 heavy (non-hydrogen) atoms. The van der Waals surface area contributed by atoms with Crippen molar-refractivity contribution in [2.45, 2.75) is 65.6 Å². The molecule has 0 aliphatic heterocycles. The zero-order chi connectivity index (χ0) is 24.4. The number of rotatable bonds is 13. The first-order valence-electron chi connectivity index (χ1n) is 12.8. The van der Waals surface area contributed by atoms with Crippen LogP contribution >= 0.6 is 0 Å². The number of hydrogen-bond donors (Lipinski definition) is 1. The van der Waals surface area contributed by atoms with E-state index in [1.54, 1.807) is 7.11 Å². The standard InChI is InChI=1S/C29H44O5/c1-22-14-15-26(29(2,3)27(22)20-34-21-32-17-16-31-4)28(30)25-13-9-8-12-24(25)19-33-18-23-10-6-5-7-11-23/h5-7,10-11,15,24-25,28,30H,8-9,12-14,16-21H2,1-4H3/t24-,25+,28-/m0/s1. The Bertz CT molecular complexity index is 798. The molecule has 0 bridgehead atoms. The van der Waals surface area contributed by atoms with Gasteiger partial charge in [-0.3, -0.25) is 0 Å². The van der Waals surface area contributed by atoms with Gasteiger partial charge in [-0.05, 0) is 54.7 Å². The van der Waals surface area contributed by atoms with E-state index in [4.69, 9.17) is 18.9 Å². The third-order valence-corrected chi connectivity index (χ3v) is 7.60. The molecule has 3 rings (SSSR count). The Morgan fingerprint density at radius 2 is 1.76 bits per heavy atom. The molecule has 0 saturated heterocycles. The Morgan fingerprint density at radius 3 is 2.53 bits per heavy atom. The lowest BCUT2D eigenvalue weighted by molar-refractivity contribution is -0.0615. The second-order valence-electron chi connectivity index (χ2n) is 10.3. The van der Waals surface area contributed by atoms with Crippen molar-refractivity contribution in [3.8, 4) is 0 Å². The van der Waals surface area contributed by atoms with Gasteiger partial charge in [0.05, 0.1) is 39.1 Å². The average Bonchev–Trinajstić information content (AvgIpc) is 2.83. The van der Waals surface area contributed by atoms with Crippen LogP contribution in [0.2, 0.25) is 0 Å². The van der Waals surface area contributed by atoms with Crippen LogP contribution in [-0.4, -0.2) is 51.5 Å². The van der Waals surface area contributed by atoms with Crippen molar-refractivity contribution in [2.24, 2.45) is 17.3 Å². The van der Waals surface area contributed by atoms with Crippen LogP contribution in [0.3, 0.4) is 0 Å². The first kappa shape index (κ1) is 27.1. The van der Waals surface area contributed by atoms with Crippen molar-refractivity contribution in [1.82, 2.24) is 0 Å². The van der Waals surface area contributed by atoms with Gasteiger partial charge in [0.1, 0.15) is 6.79 Å². The second-order valence-corrected chi connectivity index (χ2v) is 10.3. The van der Waals surface area contributed by atoms with Crippen molar-refractivity contribution in [1.29, 1.82) is 0 Å². The SMILES string of the molecule is COCCOCOCC1=C(C)CC=C([C@@H](O)[C@@H]2CCCC[C@H]2COCc2ccccc2)C1(C)C. The zero-order valence-corrected chi connectivity index (χ0v) is 21.6. The first-order chi connectivity index (χ1) is 16.4. The van der Waals surface area contributed by atoms with Gasteiger partial charge in [0.2, 0.25) is 0 Å². The fraction of sp³-hybridized carbons (Fsp3) is 0.655. The molecule has 0 heterocycles. The summed E-state index contributed by atoms with van der Waals surface area (Å²) in [5.41, 5.74) is 4.66. The molecule has 5 nitrogen and oxygen atoms in total. The quantitative estimate of drug-likeness (QED) is 0.227. The molecule has 3 atom stereocenters. The zero-order valence-electron chi connectivity index (χ0n) is 21.6. The van der Waals surface area contributed by atoms with Crippen molar-refractivity contribution in [3.05, 3.63) is 58.7 Å². The second kappa shape index (κ2) is 13.6. The normalized spacial score (nSPS) is 23.6. The van der Waals surface area contributed by atoms with Crippen LogP contribution in [0, 0.1) is 17.3 Å². The van der Waals surface area contributed by atoms with Gasteiger partial charge >= 0.3 is 0 Å². The van der Waals surface area contributed by atoms with Gasteiger partial charge in [-0.15, -0.1) is 0 Å². The monoisotopic (exact) mass is 472 g/mol. The molecule has 2 aliphatic carbocycles. The number of methoxy groups -OCH3 is 1. The molecule has 190 valence electrons. The molecule has 1 aromatic rings. The predicted molar refractivity (Wildman–Crippen MR) is 135 cm³/mol. The van der Waals surface area contributed by atoms with E-state index in [1.807, 2.05) is 18.2 Å². The average molecular weight is 473 g/mol. The molecule has 0 radical (unpaired) electrons. The van der Waals surface area contributed by atoms with Gasteiger partial charge in [0.25, 0.3) is 0 Å². The van der Waals surface area contributed by atoms with E-state index in [9.17, 15) is 5.11 Å². The Morgan fingerprint density at radius 1 is 1.00 bits per heavy atom. The number of hydrogen-bond acceptors (Lipinski definition) is 5. The van der Waals surface area contributed by atoms with Crippen molar-refractivity contribution < 1.29 is 24.1 Å². The first-order valence-corrected chi connectivity index (χ1v) is 12.8. The molecule has 0 spiro atoms. The molecule has 2 aliphatic rings. The summed E-state index contributed by atoms with van der Waals surface area (Å²) in [7, 11) is 1.66. The van der Waals surface area contributed by atoms with Crippen molar-refractivity contribution in [3.63, 3.8) is 0 Å². The predicted octanol–water partition coefficient (Wildman–Crippen LogP) is 5.68. The molecular weight excluding hydrogens is 428 g/mol.